The average Bonchev–Trinajstić information content (AvgIpc) is 2.85. The van der Waals surface area contributed by atoms with Crippen LogP contribution in [-0.2, 0) is 0 Å². The van der Waals surface area contributed by atoms with Gasteiger partial charge in [0.25, 0.3) is 0 Å². The molecular formula is C27H33ClN6. The van der Waals surface area contributed by atoms with Gasteiger partial charge in [0, 0.05) is 42.1 Å². The number of piperazine rings is 1. The van der Waals surface area contributed by atoms with Gasteiger partial charge in [0.2, 0.25) is 0 Å². The number of nitrogens with one attached hydrogen (secondary N) is 1. The van der Waals surface area contributed by atoms with Crippen molar-refractivity contribution in [1.82, 2.24) is 15.1 Å². The average molecular weight is 477 g/mol. The van der Waals surface area contributed by atoms with Crippen LogP contribution in [0.1, 0.15) is 54.6 Å². The summed E-state index contributed by atoms with van der Waals surface area (Å²) in [6.45, 7) is 10.7. The largest absolute Gasteiger partial charge is 0.369 e. The van der Waals surface area contributed by atoms with Crippen LogP contribution in [-0.4, -0.2) is 47.3 Å². The van der Waals surface area contributed by atoms with Gasteiger partial charge in [0.15, 0.2) is 5.82 Å². The Morgan fingerprint density at radius 2 is 1.91 bits per heavy atom. The normalized spacial score (nSPS) is 19.1. The fourth-order valence-corrected chi connectivity index (χ4v) is 5.50. The van der Waals surface area contributed by atoms with Crippen LogP contribution in [0.25, 0.3) is 10.8 Å². The Kier molecular flexibility index (Phi) is 7.25. The molecule has 1 N–H and O–H groups in total. The summed E-state index contributed by atoms with van der Waals surface area (Å²) in [6.07, 6.45) is 3.99. The van der Waals surface area contributed by atoms with Gasteiger partial charge in [-0.2, -0.15) is 10.4 Å². The lowest BCUT2D eigenvalue weighted by Gasteiger charge is -2.45. The van der Waals surface area contributed by atoms with E-state index in [1.54, 1.807) is 0 Å². The number of halogens is 1. The minimum atomic E-state index is 0. The first-order chi connectivity index (χ1) is 16.0. The summed E-state index contributed by atoms with van der Waals surface area (Å²) in [4.78, 5) is 5.21. The van der Waals surface area contributed by atoms with E-state index in [-0.39, 0.29) is 18.4 Å². The number of hydrogen-bond donors (Lipinski definition) is 1. The molecular weight excluding hydrogens is 444 g/mol. The molecule has 0 radical (unpaired) electrons. The highest BCUT2D eigenvalue weighted by Crippen LogP contribution is 2.32. The third kappa shape index (κ3) is 4.55. The SMILES string of the molecule is Cc1c(C#N)cccc1[C@@H](C)Nc1nnc(C)c2ccc(N3CCN4CCCCC4C3)cc12.Cl. The van der Waals surface area contributed by atoms with Crippen molar-refractivity contribution >= 4 is 34.7 Å². The molecule has 2 fully saturated rings. The van der Waals surface area contributed by atoms with Gasteiger partial charge in [-0.1, -0.05) is 24.6 Å². The first-order valence-corrected chi connectivity index (χ1v) is 12.1. The molecule has 0 saturated carbocycles. The summed E-state index contributed by atoms with van der Waals surface area (Å²) in [6, 6.07) is 15.6. The lowest BCUT2D eigenvalue weighted by atomic mass is 9.98. The molecule has 2 saturated heterocycles. The van der Waals surface area contributed by atoms with Gasteiger partial charge in [-0.25, -0.2) is 0 Å². The van der Waals surface area contributed by atoms with E-state index in [4.69, 9.17) is 0 Å². The zero-order valence-electron chi connectivity index (χ0n) is 20.2. The van der Waals surface area contributed by atoms with Gasteiger partial charge in [0.1, 0.15) is 0 Å². The van der Waals surface area contributed by atoms with Gasteiger partial charge in [0.05, 0.1) is 23.4 Å². The molecule has 34 heavy (non-hydrogen) atoms. The molecule has 2 atom stereocenters. The van der Waals surface area contributed by atoms with E-state index >= 15 is 0 Å². The maximum Gasteiger partial charge on any atom is 0.157 e. The predicted octanol–water partition coefficient (Wildman–Crippen LogP) is 5.39. The number of nitriles is 1. The molecule has 3 aromatic rings. The molecule has 1 aromatic heterocycles. The highest BCUT2D eigenvalue weighted by Gasteiger charge is 2.29. The number of rotatable bonds is 4. The molecule has 178 valence electrons. The molecule has 0 bridgehead atoms. The van der Waals surface area contributed by atoms with Crippen molar-refractivity contribution in [2.45, 2.75) is 52.1 Å². The van der Waals surface area contributed by atoms with Crippen molar-refractivity contribution in [1.29, 1.82) is 5.26 Å². The van der Waals surface area contributed by atoms with Gasteiger partial charge < -0.3 is 10.2 Å². The number of piperidine rings is 1. The first kappa shape index (κ1) is 24.3. The van der Waals surface area contributed by atoms with E-state index in [1.165, 1.54) is 31.5 Å². The number of aryl methyl sites for hydroxylation is 1. The summed E-state index contributed by atoms with van der Waals surface area (Å²) in [7, 11) is 0. The van der Waals surface area contributed by atoms with E-state index in [0.29, 0.717) is 11.6 Å². The van der Waals surface area contributed by atoms with Crippen LogP contribution in [0, 0.1) is 25.2 Å². The Hall–Kier alpha value is -2.88. The van der Waals surface area contributed by atoms with Crippen LogP contribution >= 0.6 is 12.4 Å². The lowest BCUT2D eigenvalue weighted by molar-refractivity contribution is 0.133. The Morgan fingerprint density at radius 3 is 2.74 bits per heavy atom. The lowest BCUT2D eigenvalue weighted by Crippen LogP contribution is -2.54. The highest BCUT2D eigenvalue weighted by atomic mass is 35.5. The third-order valence-corrected chi connectivity index (χ3v) is 7.47. The van der Waals surface area contributed by atoms with Crippen molar-refractivity contribution in [3.8, 4) is 6.07 Å². The predicted molar refractivity (Wildman–Crippen MR) is 141 cm³/mol. The number of nitrogens with zero attached hydrogens (tertiary/aromatic N) is 5. The van der Waals surface area contributed by atoms with E-state index in [9.17, 15) is 5.26 Å². The summed E-state index contributed by atoms with van der Waals surface area (Å²) < 4.78 is 0. The quantitative estimate of drug-likeness (QED) is 0.544. The second-order valence-corrected chi connectivity index (χ2v) is 9.49. The van der Waals surface area contributed by atoms with Crippen molar-refractivity contribution in [3.63, 3.8) is 0 Å². The minimum absolute atomic E-state index is 0. The van der Waals surface area contributed by atoms with Crippen LogP contribution < -0.4 is 10.2 Å². The molecule has 5 rings (SSSR count). The van der Waals surface area contributed by atoms with Crippen molar-refractivity contribution in [3.05, 3.63) is 58.8 Å². The van der Waals surface area contributed by atoms with Gasteiger partial charge in [-0.05, 0) is 69.5 Å². The summed E-state index contributed by atoms with van der Waals surface area (Å²) in [5, 5.41) is 24.2. The molecule has 2 aliphatic heterocycles. The monoisotopic (exact) mass is 476 g/mol. The van der Waals surface area contributed by atoms with Crippen molar-refractivity contribution in [2.24, 2.45) is 0 Å². The number of aromatic nitrogens is 2. The molecule has 1 unspecified atom stereocenters. The second-order valence-electron chi connectivity index (χ2n) is 9.49. The molecule has 0 spiro atoms. The summed E-state index contributed by atoms with van der Waals surface area (Å²) in [5.74, 6) is 0.794. The van der Waals surface area contributed by atoms with Gasteiger partial charge in [-0.3, -0.25) is 4.90 Å². The fraction of sp³-hybridized carbons (Fsp3) is 0.444. The van der Waals surface area contributed by atoms with E-state index < -0.39 is 0 Å². The number of fused-ring (bicyclic) bond motifs is 2. The molecule has 2 aliphatic rings. The standard InChI is InChI=1S/C27H32N6.ClH/c1-18-21(16-28)7-6-9-24(18)19(2)29-27-26-15-22(10-11-25(26)20(3)30-31-27)33-14-13-32-12-5-4-8-23(32)17-33;/h6-7,9-11,15,19,23H,4-5,8,12-14,17H2,1-3H3,(H,29,31);1H/t19-,23?;/m1./s1. The zero-order valence-corrected chi connectivity index (χ0v) is 21.0. The van der Waals surface area contributed by atoms with E-state index in [0.717, 1.165) is 53.0 Å². The van der Waals surface area contributed by atoms with Gasteiger partial charge >= 0.3 is 0 Å². The maximum absolute atomic E-state index is 9.41. The maximum atomic E-state index is 9.41. The summed E-state index contributed by atoms with van der Waals surface area (Å²) in [5.41, 5.74) is 5.03. The Labute approximate surface area is 208 Å². The fourth-order valence-electron chi connectivity index (χ4n) is 5.50. The third-order valence-electron chi connectivity index (χ3n) is 7.47. The summed E-state index contributed by atoms with van der Waals surface area (Å²) >= 11 is 0. The Balaban J connectivity index is 0.00000274. The van der Waals surface area contributed by atoms with Crippen molar-refractivity contribution in [2.75, 3.05) is 36.4 Å². The molecule has 6 nitrogen and oxygen atoms in total. The highest BCUT2D eigenvalue weighted by molar-refractivity contribution is 5.95. The first-order valence-electron chi connectivity index (χ1n) is 12.1. The van der Waals surface area contributed by atoms with E-state index in [2.05, 4.69) is 62.6 Å². The van der Waals surface area contributed by atoms with Crippen LogP contribution in [0.4, 0.5) is 11.5 Å². The van der Waals surface area contributed by atoms with Crippen LogP contribution in [0.5, 0.6) is 0 Å². The van der Waals surface area contributed by atoms with Gasteiger partial charge in [-0.15, -0.1) is 17.5 Å². The molecule has 0 aliphatic carbocycles. The smallest absolute Gasteiger partial charge is 0.157 e. The second kappa shape index (κ2) is 10.2. The minimum Gasteiger partial charge on any atom is -0.369 e. The zero-order chi connectivity index (χ0) is 22.9. The van der Waals surface area contributed by atoms with Crippen LogP contribution in [0.2, 0.25) is 0 Å². The van der Waals surface area contributed by atoms with Crippen molar-refractivity contribution < 1.29 is 0 Å². The van der Waals surface area contributed by atoms with Crippen LogP contribution in [0.3, 0.4) is 0 Å². The topological polar surface area (TPSA) is 68.1 Å². The Morgan fingerprint density at radius 1 is 1.06 bits per heavy atom. The number of benzene rings is 2. The Bertz CT molecular complexity index is 1220. The van der Waals surface area contributed by atoms with Crippen LogP contribution in [0.15, 0.2) is 36.4 Å². The number of hydrogen-bond acceptors (Lipinski definition) is 6. The molecule has 2 aromatic carbocycles. The molecule has 3 heterocycles. The molecule has 0 amide bonds. The molecule has 7 heteroatoms. The van der Waals surface area contributed by atoms with E-state index in [1.807, 2.05) is 26.0 Å². The number of anilines is 2.